The number of rotatable bonds is 13. The molecule has 0 saturated heterocycles. The Labute approximate surface area is 153 Å². The molecule has 0 bridgehead atoms. The van der Waals surface area contributed by atoms with Crippen LogP contribution in [0.1, 0.15) is 0 Å². The van der Waals surface area contributed by atoms with Crippen molar-refractivity contribution >= 4 is 20.7 Å². The number of hydrogen-bond acceptors (Lipinski definition) is 9. The molecule has 0 saturated carbocycles. The number of likely N-dealkylation sites (N-methyl/N-ethyl adjacent to an activating group) is 1. The normalized spacial score (nSPS) is 15.9. The van der Waals surface area contributed by atoms with Gasteiger partial charge in [0.25, 0.3) is 0 Å². The Bertz CT molecular complexity index is 503. The van der Waals surface area contributed by atoms with E-state index in [-0.39, 0.29) is 18.9 Å². The van der Waals surface area contributed by atoms with Crippen molar-refractivity contribution in [1.29, 1.82) is 0 Å². The molecule has 0 spiro atoms. The lowest BCUT2D eigenvalue weighted by Gasteiger charge is -2.29. The summed E-state index contributed by atoms with van der Waals surface area (Å²) < 4.78 is 20.4. The van der Waals surface area contributed by atoms with Crippen LogP contribution >= 0.6 is 8.38 Å². The second-order valence-corrected chi connectivity index (χ2v) is 6.04. The molecule has 0 rings (SSSR count). The summed E-state index contributed by atoms with van der Waals surface area (Å²) in [7, 11) is 3.11. The van der Waals surface area contributed by atoms with Crippen molar-refractivity contribution in [2.45, 2.75) is 12.3 Å². The summed E-state index contributed by atoms with van der Waals surface area (Å²) in [5.74, 6) is -0.426. The van der Waals surface area contributed by atoms with Crippen LogP contribution < -0.4 is 11.1 Å². The Morgan fingerprint density at radius 3 is 2.38 bits per heavy atom. The van der Waals surface area contributed by atoms with Crippen LogP contribution in [0.4, 0.5) is 0 Å². The van der Waals surface area contributed by atoms with Gasteiger partial charge in [0.15, 0.2) is 11.7 Å². The molecule has 0 fully saturated rings. The topological polar surface area (TPSA) is 153 Å². The number of nitrogens with two attached hydrogens (primary N) is 1. The van der Waals surface area contributed by atoms with Crippen LogP contribution in [0, 0.1) is 0 Å². The van der Waals surface area contributed by atoms with Crippen molar-refractivity contribution < 1.29 is 38.3 Å². The molecule has 11 nitrogen and oxygen atoms in total. The standard InChI is InChI=1S/C14H26N3O8P/c1-16-11(19)5-6-17(9-18)12(8-23-3)25-10(7-22-2)13(15)14(20)26(21)24-4/h5-6,9-10,12,20-21H,7-8,15H2,1-4H3,(H,16,19)/b6-5-,14-13-. The number of amides is 2. The van der Waals surface area contributed by atoms with Gasteiger partial charge in [0.2, 0.25) is 20.7 Å². The van der Waals surface area contributed by atoms with Crippen molar-refractivity contribution in [2.75, 3.05) is 41.6 Å². The van der Waals surface area contributed by atoms with E-state index in [2.05, 4.69) is 9.84 Å². The van der Waals surface area contributed by atoms with Gasteiger partial charge in [0.05, 0.1) is 18.9 Å². The average molecular weight is 395 g/mol. The number of carbonyl (C=O) groups is 2. The number of hydrogen-bond donors (Lipinski definition) is 4. The molecule has 26 heavy (non-hydrogen) atoms. The van der Waals surface area contributed by atoms with Gasteiger partial charge in [0, 0.05) is 40.7 Å². The fraction of sp³-hybridized carbons (Fsp3) is 0.571. The van der Waals surface area contributed by atoms with E-state index in [0.29, 0.717) is 6.41 Å². The molecule has 0 radical (unpaired) electrons. The third-order valence-electron chi connectivity index (χ3n) is 3.01. The number of aliphatic hydroxyl groups excluding tert-OH is 1. The molecule has 5 N–H and O–H groups in total. The number of carbonyl (C=O) groups excluding carboxylic acids is 2. The Morgan fingerprint density at radius 1 is 1.31 bits per heavy atom. The van der Waals surface area contributed by atoms with Crippen LogP contribution in [-0.4, -0.2) is 81.1 Å². The molecule has 0 aliphatic rings. The molecule has 0 aliphatic carbocycles. The first kappa shape index (κ1) is 24.2. The summed E-state index contributed by atoms with van der Waals surface area (Å²) >= 11 is 0. The third kappa shape index (κ3) is 8.09. The molecule has 0 aromatic rings. The quantitative estimate of drug-likeness (QED) is 0.105. The van der Waals surface area contributed by atoms with Gasteiger partial charge in [-0.05, 0) is 0 Å². The maximum atomic E-state index is 11.3. The minimum atomic E-state index is -2.30. The molecule has 150 valence electrons. The summed E-state index contributed by atoms with van der Waals surface area (Å²) in [4.78, 5) is 33.3. The highest BCUT2D eigenvalue weighted by molar-refractivity contribution is 7.50. The monoisotopic (exact) mass is 395 g/mol. The van der Waals surface area contributed by atoms with Gasteiger partial charge in [0.1, 0.15) is 6.10 Å². The fourth-order valence-corrected chi connectivity index (χ4v) is 2.20. The summed E-state index contributed by atoms with van der Waals surface area (Å²) in [5, 5.41) is 12.3. The maximum Gasteiger partial charge on any atom is 0.245 e. The van der Waals surface area contributed by atoms with E-state index < -0.39 is 32.1 Å². The van der Waals surface area contributed by atoms with Crippen molar-refractivity contribution in [1.82, 2.24) is 10.2 Å². The number of methoxy groups -OCH3 is 2. The highest BCUT2D eigenvalue weighted by Crippen LogP contribution is 2.40. The van der Waals surface area contributed by atoms with Gasteiger partial charge in [-0.3, -0.25) is 14.5 Å². The van der Waals surface area contributed by atoms with Crippen LogP contribution in [-0.2, 0) is 28.3 Å². The minimum Gasteiger partial charge on any atom is -0.502 e. The molecule has 2 amide bonds. The van der Waals surface area contributed by atoms with Crippen molar-refractivity contribution in [3.05, 3.63) is 23.5 Å². The minimum absolute atomic E-state index is 0.0662. The molecule has 3 atom stereocenters. The first-order chi connectivity index (χ1) is 12.4. The van der Waals surface area contributed by atoms with Gasteiger partial charge in [-0.1, -0.05) is 0 Å². The van der Waals surface area contributed by atoms with Crippen LogP contribution in [0.15, 0.2) is 23.5 Å². The van der Waals surface area contributed by atoms with Gasteiger partial charge in [-0.15, -0.1) is 0 Å². The van der Waals surface area contributed by atoms with E-state index >= 15 is 0 Å². The van der Waals surface area contributed by atoms with Crippen LogP contribution in [0.3, 0.4) is 0 Å². The van der Waals surface area contributed by atoms with Gasteiger partial charge in [-0.2, -0.15) is 0 Å². The Morgan fingerprint density at radius 2 is 1.92 bits per heavy atom. The molecular weight excluding hydrogens is 369 g/mol. The number of nitrogens with one attached hydrogen (secondary N) is 1. The lowest BCUT2D eigenvalue weighted by atomic mass is 10.3. The summed E-state index contributed by atoms with van der Waals surface area (Å²) in [5.41, 5.74) is 5.02. The zero-order chi connectivity index (χ0) is 20.1. The Hall–Kier alpha value is -1.75. The van der Waals surface area contributed by atoms with Gasteiger partial charge < -0.3 is 39.8 Å². The average Bonchev–Trinajstić information content (AvgIpc) is 2.65. The summed E-state index contributed by atoms with van der Waals surface area (Å²) in [6.07, 6.45) is 0.745. The first-order valence-corrected chi connectivity index (χ1v) is 8.55. The van der Waals surface area contributed by atoms with Gasteiger partial charge >= 0.3 is 0 Å². The van der Waals surface area contributed by atoms with E-state index in [1.807, 2.05) is 0 Å². The highest BCUT2D eigenvalue weighted by Gasteiger charge is 2.27. The van der Waals surface area contributed by atoms with Crippen LogP contribution in [0.25, 0.3) is 0 Å². The first-order valence-electron chi connectivity index (χ1n) is 7.33. The van der Waals surface area contributed by atoms with E-state index in [9.17, 15) is 19.6 Å². The zero-order valence-electron chi connectivity index (χ0n) is 15.1. The number of aliphatic hydroxyl groups is 1. The molecular formula is C14H26N3O8P. The Balaban J connectivity index is 5.51. The van der Waals surface area contributed by atoms with E-state index in [0.717, 1.165) is 11.0 Å². The van der Waals surface area contributed by atoms with Gasteiger partial charge in [-0.25, -0.2) is 0 Å². The van der Waals surface area contributed by atoms with Crippen LogP contribution in [0.2, 0.25) is 0 Å². The molecule has 3 unspecified atom stereocenters. The molecule has 0 aliphatic heterocycles. The maximum absolute atomic E-state index is 11.3. The Kier molecular flexibility index (Phi) is 12.5. The summed E-state index contributed by atoms with van der Waals surface area (Å²) in [6, 6.07) is 0. The van der Waals surface area contributed by atoms with E-state index in [1.54, 1.807) is 0 Å². The fourth-order valence-electron chi connectivity index (χ4n) is 1.66. The molecule has 0 heterocycles. The number of ether oxygens (including phenoxy) is 3. The second-order valence-electron chi connectivity index (χ2n) is 4.71. The predicted molar refractivity (Wildman–Crippen MR) is 93.5 cm³/mol. The lowest BCUT2D eigenvalue weighted by molar-refractivity contribution is -0.142. The SMILES string of the molecule is CNC(=O)/C=C\N(C=O)C(COC)OC(COC)/C(N)=C(\O)P(O)OC. The van der Waals surface area contributed by atoms with Crippen LogP contribution in [0.5, 0.6) is 0 Å². The smallest absolute Gasteiger partial charge is 0.245 e. The highest BCUT2D eigenvalue weighted by atomic mass is 31.2. The largest absolute Gasteiger partial charge is 0.502 e. The lowest BCUT2D eigenvalue weighted by Crippen LogP contribution is -2.42. The summed E-state index contributed by atoms with van der Waals surface area (Å²) in [6.45, 7) is -0.155. The van der Waals surface area contributed by atoms with Crippen molar-refractivity contribution in [3.8, 4) is 0 Å². The van der Waals surface area contributed by atoms with Crippen molar-refractivity contribution in [3.63, 3.8) is 0 Å². The zero-order valence-corrected chi connectivity index (χ0v) is 16.0. The molecule has 12 heteroatoms. The number of nitrogens with zero attached hydrogens (tertiary/aromatic N) is 1. The third-order valence-corrected chi connectivity index (χ3v) is 3.97. The van der Waals surface area contributed by atoms with Crippen molar-refractivity contribution in [2.24, 2.45) is 5.73 Å². The second kappa shape index (κ2) is 13.5. The van der Waals surface area contributed by atoms with E-state index in [1.165, 1.54) is 34.6 Å². The molecule has 0 aromatic heterocycles. The molecule has 0 aromatic carbocycles. The van der Waals surface area contributed by atoms with E-state index in [4.69, 9.17) is 19.9 Å². The predicted octanol–water partition coefficient (Wildman–Crippen LogP) is -0.655.